The highest BCUT2D eigenvalue weighted by Gasteiger charge is 2.29. The third-order valence-corrected chi connectivity index (χ3v) is 3.25. The molecule has 1 aromatic carbocycles. The standard InChI is InChI=1S/C15H21NO3/c1-10(2)19-12-6-4-11(5-7-12)15(17)14-8-13(18-3)9-16-14/h4-7,10,13-14,16H,8-9H2,1-3H3. The summed E-state index contributed by atoms with van der Waals surface area (Å²) in [6.45, 7) is 4.69. The van der Waals surface area contributed by atoms with Gasteiger partial charge in [-0.15, -0.1) is 0 Å². The van der Waals surface area contributed by atoms with E-state index in [4.69, 9.17) is 9.47 Å². The normalized spacial score (nSPS) is 22.7. The van der Waals surface area contributed by atoms with Gasteiger partial charge in [-0.3, -0.25) is 4.79 Å². The van der Waals surface area contributed by atoms with Crippen LogP contribution in [0.2, 0.25) is 0 Å². The maximum Gasteiger partial charge on any atom is 0.179 e. The van der Waals surface area contributed by atoms with Crippen molar-refractivity contribution in [3.05, 3.63) is 29.8 Å². The zero-order valence-corrected chi connectivity index (χ0v) is 11.7. The second-order valence-corrected chi connectivity index (χ2v) is 5.11. The van der Waals surface area contributed by atoms with Crippen LogP contribution in [0.3, 0.4) is 0 Å². The monoisotopic (exact) mass is 263 g/mol. The Balaban J connectivity index is 2.00. The largest absolute Gasteiger partial charge is 0.491 e. The van der Waals surface area contributed by atoms with Crippen LogP contribution in [0.15, 0.2) is 24.3 Å². The lowest BCUT2D eigenvalue weighted by atomic mass is 10.0. The second kappa shape index (κ2) is 6.17. The Morgan fingerprint density at radius 3 is 2.53 bits per heavy atom. The van der Waals surface area contributed by atoms with Crippen LogP contribution in [0.25, 0.3) is 0 Å². The SMILES string of the molecule is COC1CNC(C(=O)c2ccc(OC(C)C)cc2)C1. The maximum atomic E-state index is 12.3. The number of nitrogens with one attached hydrogen (secondary N) is 1. The molecule has 2 atom stereocenters. The zero-order chi connectivity index (χ0) is 13.8. The van der Waals surface area contributed by atoms with Crippen molar-refractivity contribution in [1.29, 1.82) is 0 Å². The number of ketones is 1. The third kappa shape index (κ3) is 3.55. The summed E-state index contributed by atoms with van der Waals surface area (Å²) in [5.74, 6) is 0.913. The number of benzene rings is 1. The molecule has 0 aliphatic carbocycles. The Hall–Kier alpha value is -1.39. The van der Waals surface area contributed by atoms with Crippen LogP contribution in [0.5, 0.6) is 5.75 Å². The Bertz CT molecular complexity index is 428. The van der Waals surface area contributed by atoms with Gasteiger partial charge in [0.25, 0.3) is 0 Å². The van der Waals surface area contributed by atoms with Crippen LogP contribution in [0.1, 0.15) is 30.6 Å². The maximum absolute atomic E-state index is 12.3. The van der Waals surface area contributed by atoms with Crippen LogP contribution in [-0.2, 0) is 4.74 Å². The van der Waals surface area contributed by atoms with E-state index in [2.05, 4.69) is 5.32 Å². The molecule has 1 saturated heterocycles. The molecule has 0 amide bonds. The van der Waals surface area contributed by atoms with Gasteiger partial charge in [0.2, 0.25) is 0 Å². The molecule has 1 heterocycles. The molecule has 0 spiro atoms. The first-order valence-electron chi connectivity index (χ1n) is 6.67. The van der Waals surface area contributed by atoms with Crippen molar-refractivity contribution in [2.75, 3.05) is 13.7 Å². The lowest BCUT2D eigenvalue weighted by Crippen LogP contribution is -2.30. The molecule has 4 heteroatoms. The minimum atomic E-state index is -0.137. The molecule has 0 bridgehead atoms. The van der Waals surface area contributed by atoms with Crippen molar-refractivity contribution in [1.82, 2.24) is 5.32 Å². The molecule has 1 N–H and O–H groups in total. The van der Waals surface area contributed by atoms with Gasteiger partial charge >= 0.3 is 0 Å². The van der Waals surface area contributed by atoms with Crippen LogP contribution in [-0.4, -0.2) is 37.7 Å². The lowest BCUT2D eigenvalue weighted by molar-refractivity contribution is 0.0919. The molecule has 1 fully saturated rings. The first-order valence-corrected chi connectivity index (χ1v) is 6.67. The van der Waals surface area contributed by atoms with E-state index >= 15 is 0 Å². The number of Topliss-reactive ketones (excluding diaryl/α,β-unsaturated/α-hetero) is 1. The van der Waals surface area contributed by atoms with Crippen LogP contribution >= 0.6 is 0 Å². The minimum absolute atomic E-state index is 0.121. The molecule has 2 rings (SSSR count). The number of carbonyl (C=O) groups is 1. The van der Waals surface area contributed by atoms with Crippen molar-refractivity contribution in [3.8, 4) is 5.75 Å². The van der Waals surface area contributed by atoms with Gasteiger partial charge < -0.3 is 14.8 Å². The Kier molecular flexibility index (Phi) is 4.56. The summed E-state index contributed by atoms with van der Waals surface area (Å²) >= 11 is 0. The van der Waals surface area contributed by atoms with Crippen LogP contribution in [0.4, 0.5) is 0 Å². The summed E-state index contributed by atoms with van der Waals surface area (Å²) in [6, 6.07) is 7.19. The van der Waals surface area contributed by atoms with Gasteiger partial charge in [0.05, 0.1) is 18.2 Å². The van der Waals surface area contributed by atoms with Gasteiger partial charge in [-0.25, -0.2) is 0 Å². The number of carbonyl (C=O) groups excluding carboxylic acids is 1. The van der Waals surface area contributed by atoms with Gasteiger partial charge in [-0.05, 0) is 44.5 Å². The molecule has 4 nitrogen and oxygen atoms in total. The van der Waals surface area contributed by atoms with Gasteiger partial charge in [-0.2, -0.15) is 0 Å². The predicted molar refractivity (Wildman–Crippen MR) is 73.7 cm³/mol. The summed E-state index contributed by atoms with van der Waals surface area (Å²) in [6.07, 6.45) is 1.01. The molecule has 2 unspecified atom stereocenters. The molecule has 1 aliphatic rings. The minimum Gasteiger partial charge on any atom is -0.491 e. The topological polar surface area (TPSA) is 47.6 Å². The molecule has 0 aromatic heterocycles. The van der Waals surface area contributed by atoms with Crippen molar-refractivity contribution < 1.29 is 14.3 Å². The fourth-order valence-corrected chi connectivity index (χ4v) is 2.25. The van der Waals surface area contributed by atoms with E-state index in [0.29, 0.717) is 5.56 Å². The summed E-state index contributed by atoms with van der Waals surface area (Å²) in [5, 5.41) is 3.20. The summed E-state index contributed by atoms with van der Waals surface area (Å²) in [4.78, 5) is 12.3. The van der Waals surface area contributed by atoms with E-state index in [1.807, 2.05) is 38.1 Å². The molecule has 0 radical (unpaired) electrons. The van der Waals surface area contributed by atoms with E-state index in [0.717, 1.165) is 18.7 Å². The second-order valence-electron chi connectivity index (χ2n) is 5.11. The highest BCUT2D eigenvalue weighted by Crippen LogP contribution is 2.18. The van der Waals surface area contributed by atoms with E-state index in [1.165, 1.54) is 0 Å². The van der Waals surface area contributed by atoms with E-state index in [1.54, 1.807) is 7.11 Å². The third-order valence-electron chi connectivity index (χ3n) is 3.25. The van der Waals surface area contributed by atoms with E-state index < -0.39 is 0 Å². The van der Waals surface area contributed by atoms with E-state index in [9.17, 15) is 4.79 Å². The molecular formula is C15H21NO3. The molecule has 104 valence electrons. The predicted octanol–water partition coefficient (Wildman–Crippen LogP) is 2.03. The average molecular weight is 263 g/mol. The van der Waals surface area contributed by atoms with Crippen molar-refractivity contribution in [3.63, 3.8) is 0 Å². The van der Waals surface area contributed by atoms with Gasteiger partial charge in [-0.1, -0.05) is 0 Å². The fraction of sp³-hybridized carbons (Fsp3) is 0.533. The average Bonchev–Trinajstić information content (AvgIpc) is 2.87. The summed E-state index contributed by atoms with van der Waals surface area (Å²) < 4.78 is 10.8. The number of hydrogen-bond acceptors (Lipinski definition) is 4. The van der Waals surface area contributed by atoms with Crippen LogP contribution < -0.4 is 10.1 Å². The quantitative estimate of drug-likeness (QED) is 0.826. The Labute approximate surface area is 114 Å². The number of methoxy groups -OCH3 is 1. The summed E-state index contributed by atoms with van der Waals surface area (Å²) in [7, 11) is 1.68. The summed E-state index contributed by atoms with van der Waals surface area (Å²) in [5.41, 5.74) is 0.713. The van der Waals surface area contributed by atoms with Gasteiger partial charge in [0.15, 0.2) is 5.78 Å². The van der Waals surface area contributed by atoms with Crippen molar-refractivity contribution in [2.45, 2.75) is 38.5 Å². The Morgan fingerprint density at radius 1 is 1.32 bits per heavy atom. The number of rotatable bonds is 5. The molecule has 0 saturated carbocycles. The Morgan fingerprint density at radius 2 is 2.00 bits per heavy atom. The number of hydrogen-bond donors (Lipinski definition) is 1. The smallest absolute Gasteiger partial charge is 0.179 e. The zero-order valence-electron chi connectivity index (χ0n) is 11.7. The molecule has 1 aromatic rings. The first-order chi connectivity index (χ1) is 9.10. The van der Waals surface area contributed by atoms with E-state index in [-0.39, 0.29) is 24.0 Å². The highest BCUT2D eigenvalue weighted by molar-refractivity contribution is 6.00. The van der Waals surface area contributed by atoms with Crippen molar-refractivity contribution >= 4 is 5.78 Å². The molecule has 19 heavy (non-hydrogen) atoms. The first kappa shape index (κ1) is 14.0. The van der Waals surface area contributed by atoms with Crippen molar-refractivity contribution in [2.24, 2.45) is 0 Å². The number of ether oxygens (including phenoxy) is 2. The lowest BCUT2D eigenvalue weighted by Gasteiger charge is -2.12. The molecular weight excluding hydrogens is 242 g/mol. The molecule has 1 aliphatic heterocycles. The fourth-order valence-electron chi connectivity index (χ4n) is 2.25. The highest BCUT2D eigenvalue weighted by atomic mass is 16.5. The van der Waals surface area contributed by atoms with Crippen LogP contribution in [0, 0.1) is 0 Å². The van der Waals surface area contributed by atoms with Gasteiger partial charge in [0, 0.05) is 19.2 Å². The van der Waals surface area contributed by atoms with Gasteiger partial charge in [0.1, 0.15) is 5.75 Å².